The van der Waals surface area contributed by atoms with Crippen LogP contribution in [-0.2, 0) is 17.8 Å². The fourth-order valence-corrected chi connectivity index (χ4v) is 3.62. The average Bonchev–Trinajstić information content (AvgIpc) is 3.15. The third-order valence-corrected chi connectivity index (χ3v) is 5.28. The van der Waals surface area contributed by atoms with E-state index in [2.05, 4.69) is 36.1 Å². The van der Waals surface area contributed by atoms with Gasteiger partial charge in [0.25, 0.3) is 5.89 Å². The van der Waals surface area contributed by atoms with Gasteiger partial charge in [-0.05, 0) is 36.1 Å². The number of aromatic nitrogens is 2. The summed E-state index contributed by atoms with van der Waals surface area (Å²) in [5, 5.41) is 12.9. The number of halogens is 1. The summed E-state index contributed by atoms with van der Waals surface area (Å²) in [5.74, 6) is -0.212. The normalized spacial score (nSPS) is 14.3. The van der Waals surface area contributed by atoms with Gasteiger partial charge in [-0.25, -0.2) is 4.39 Å². The van der Waals surface area contributed by atoms with Gasteiger partial charge >= 0.3 is 35.5 Å². The Hall–Kier alpha value is -2.06. The van der Waals surface area contributed by atoms with Crippen molar-refractivity contribution in [1.82, 2.24) is 15.0 Å². The first kappa shape index (κ1) is 23.6. The maximum absolute atomic E-state index is 14.6. The van der Waals surface area contributed by atoms with Crippen LogP contribution in [0.25, 0.3) is 22.8 Å². The number of carboxylic acid groups (broad SMARTS) is 1. The molecule has 0 saturated carbocycles. The first-order chi connectivity index (χ1) is 14.4. The molecule has 1 aliphatic heterocycles. The Morgan fingerprint density at radius 1 is 1.23 bits per heavy atom. The van der Waals surface area contributed by atoms with Gasteiger partial charge in [0, 0.05) is 36.3 Å². The number of aliphatic carboxylic acids is 1. The molecule has 0 radical (unpaired) electrons. The summed E-state index contributed by atoms with van der Waals surface area (Å²) in [4.78, 5) is 17.2. The smallest absolute Gasteiger partial charge is 1.00 e. The van der Waals surface area contributed by atoms with Crippen molar-refractivity contribution < 1.29 is 49.8 Å². The minimum Gasteiger partial charge on any atom is -1.00 e. The van der Waals surface area contributed by atoms with Gasteiger partial charge in [-0.2, -0.15) is 4.98 Å². The number of carbonyl (C=O) groups is 1. The van der Waals surface area contributed by atoms with Gasteiger partial charge < -0.3 is 11.1 Å². The molecule has 0 unspecified atom stereocenters. The van der Waals surface area contributed by atoms with E-state index >= 15 is 0 Å². The second-order valence-corrected chi connectivity index (χ2v) is 8.25. The molecule has 1 aromatic heterocycles. The molecule has 31 heavy (non-hydrogen) atoms. The van der Waals surface area contributed by atoms with Crippen LogP contribution in [0, 0.1) is 17.7 Å². The van der Waals surface area contributed by atoms with Crippen molar-refractivity contribution in [2.75, 3.05) is 13.1 Å². The Morgan fingerprint density at radius 2 is 1.90 bits per heavy atom. The number of carboxylic acids is 1. The summed E-state index contributed by atoms with van der Waals surface area (Å²) in [6.45, 7) is 5.63. The van der Waals surface area contributed by atoms with Gasteiger partial charge in [-0.1, -0.05) is 43.3 Å². The van der Waals surface area contributed by atoms with Crippen molar-refractivity contribution >= 4 is 5.97 Å². The van der Waals surface area contributed by atoms with Crippen molar-refractivity contribution in [2.45, 2.75) is 26.8 Å². The molecule has 1 fully saturated rings. The topological polar surface area (TPSA) is 79.5 Å². The van der Waals surface area contributed by atoms with Gasteiger partial charge in [0.1, 0.15) is 5.82 Å². The third-order valence-electron chi connectivity index (χ3n) is 5.28. The van der Waals surface area contributed by atoms with E-state index in [4.69, 9.17) is 9.63 Å². The fourth-order valence-electron chi connectivity index (χ4n) is 3.62. The van der Waals surface area contributed by atoms with Gasteiger partial charge in [0.15, 0.2) is 0 Å². The summed E-state index contributed by atoms with van der Waals surface area (Å²) in [6, 6.07) is 12.9. The Morgan fingerprint density at radius 3 is 2.52 bits per heavy atom. The van der Waals surface area contributed by atoms with Crippen molar-refractivity contribution in [3.05, 3.63) is 59.4 Å². The molecule has 0 amide bonds. The number of hydrogen-bond acceptors (Lipinski definition) is 5. The number of hydrogen-bond donors (Lipinski definition) is 1. The Balaban J connectivity index is 0.00000181. The van der Waals surface area contributed by atoms with Crippen LogP contribution in [0.4, 0.5) is 4.39 Å². The van der Waals surface area contributed by atoms with Crippen molar-refractivity contribution in [2.24, 2.45) is 11.8 Å². The van der Waals surface area contributed by atoms with Gasteiger partial charge in [-0.3, -0.25) is 9.69 Å². The summed E-state index contributed by atoms with van der Waals surface area (Å²) < 4.78 is 19.9. The Bertz CT molecular complexity index is 1050. The second-order valence-electron chi connectivity index (χ2n) is 8.25. The number of nitrogens with zero attached hydrogens (tertiary/aromatic N) is 3. The molecule has 6 nitrogen and oxygen atoms in total. The molecule has 158 valence electrons. The van der Waals surface area contributed by atoms with Crippen LogP contribution in [-0.4, -0.2) is 39.2 Å². The van der Waals surface area contributed by atoms with Crippen LogP contribution in [0.2, 0.25) is 0 Å². The van der Waals surface area contributed by atoms with Gasteiger partial charge in [0.2, 0.25) is 5.82 Å². The Kier molecular flexibility index (Phi) is 7.64. The second kappa shape index (κ2) is 10.0. The van der Waals surface area contributed by atoms with E-state index in [1.165, 1.54) is 11.6 Å². The Labute approximate surface area is 204 Å². The fraction of sp³-hybridized carbons (Fsp3) is 0.348. The van der Waals surface area contributed by atoms with E-state index in [1.807, 2.05) is 17.0 Å². The van der Waals surface area contributed by atoms with Crippen LogP contribution in [0.15, 0.2) is 47.0 Å². The molecular weight excluding hydrogens is 408 g/mol. The molecule has 4 rings (SSSR count). The molecule has 0 aliphatic carbocycles. The molecule has 0 atom stereocenters. The summed E-state index contributed by atoms with van der Waals surface area (Å²) >= 11 is 0. The number of likely N-dealkylation sites (tertiary alicyclic amines) is 1. The predicted molar refractivity (Wildman–Crippen MR) is 111 cm³/mol. The van der Waals surface area contributed by atoms with Crippen molar-refractivity contribution in [3.63, 3.8) is 0 Å². The van der Waals surface area contributed by atoms with E-state index in [0.29, 0.717) is 48.4 Å². The van der Waals surface area contributed by atoms with Crippen LogP contribution >= 0.6 is 0 Å². The first-order valence-electron chi connectivity index (χ1n) is 10.1. The number of benzene rings is 2. The maximum atomic E-state index is 14.6. The molecule has 1 aliphatic rings. The van der Waals surface area contributed by atoms with E-state index in [-0.39, 0.29) is 42.7 Å². The van der Waals surface area contributed by atoms with Crippen LogP contribution in [0.1, 0.15) is 26.4 Å². The summed E-state index contributed by atoms with van der Waals surface area (Å²) in [7, 11) is 0. The quantitative estimate of drug-likeness (QED) is 0.567. The zero-order valence-electron chi connectivity index (χ0n) is 19.0. The van der Waals surface area contributed by atoms with Gasteiger partial charge in [0.05, 0.1) is 5.92 Å². The maximum Gasteiger partial charge on any atom is 1.00 e. The van der Waals surface area contributed by atoms with E-state index in [9.17, 15) is 9.18 Å². The van der Waals surface area contributed by atoms with Crippen molar-refractivity contribution in [1.29, 1.82) is 0 Å². The molecule has 2 heterocycles. The zero-order valence-corrected chi connectivity index (χ0v) is 20.0. The van der Waals surface area contributed by atoms with Crippen LogP contribution in [0.3, 0.4) is 0 Å². The average molecular weight is 433 g/mol. The molecule has 8 heteroatoms. The SMILES string of the molecule is CC(C)Cc1ccc(-c2nc(-c3ccc(CN4CC(C(=O)O)C4)c(F)c3)no2)cc1.[H-].[Na+]. The molecule has 2 aromatic carbocycles. The predicted octanol–water partition coefficient (Wildman–Crippen LogP) is 1.37. The first-order valence-corrected chi connectivity index (χ1v) is 10.1. The summed E-state index contributed by atoms with van der Waals surface area (Å²) in [6.07, 6.45) is 1.01. The van der Waals surface area contributed by atoms with Crippen LogP contribution < -0.4 is 29.6 Å². The molecule has 0 spiro atoms. The molecule has 3 aromatic rings. The van der Waals surface area contributed by atoms with E-state index < -0.39 is 5.97 Å². The number of rotatable bonds is 7. The van der Waals surface area contributed by atoms with Crippen molar-refractivity contribution in [3.8, 4) is 22.8 Å². The van der Waals surface area contributed by atoms with Crippen LogP contribution in [0.5, 0.6) is 0 Å². The molecule has 1 saturated heterocycles. The monoisotopic (exact) mass is 433 g/mol. The molecule has 0 bridgehead atoms. The zero-order chi connectivity index (χ0) is 21.3. The third kappa shape index (κ3) is 5.60. The minimum absolute atomic E-state index is 0. The van der Waals surface area contributed by atoms with E-state index in [0.717, 1.165) is 12.0 Å². The molecule has 1 N–H and O–H groups in total. The summed E-state index contributed by atoms with van der Waals surface area (Å²) in [5.41, 5.74) is 3.13. The van der Waals surface area contributed by atoms with E-state index in [1.54, 1.807) is 12.1 Å². The largest absolute Gasteiger partial charge is 1.00 e. The van der Waals surface area contributed by atoms with Gasteiger partial charge in [-0.15, -0.1) is 0 Å². The standard InChI is InChI=1S/C23H24FN3O3.Na.H/c1-14(2)9-15-3-5-16(6-4-15)22-25-21(26-30-22)17-7-8-18(20(24)10-17)11-27-12-19(13-27)23(28)29;;/h3-8,10,14,19H,9,11-13H2,1-2H3,(H,28,29);;/q;+1;-1. The minimum atomic E-state index is -0.801. The molecular formula is C23H25FN3NaO3.